The minimum absolute atomic E-state index is 0.0893. The number of nitriles is 1. The highest BCUT2D eigenvalue weighted by molar-refractivity contribution is 6.31. The lowest BCUT2D eigenvalue weighted by Crippen LogP contribution is -2.25. The summed E-state index contributed by atoms with van der Waals surface area (Å²) >= 11 is 5.97. The number of halogens is 1. The average molecular weight is 237 g/mol. The van der Waals surface area contributed by atoms with E-state index in [1.165, 1.54) is 0 Å². The van der Waals surface area contributed by atoms with Crippen LogP contribution in [0.1, 0.15) is 18.4 Å². The van der Waals surface area contributed by atoms with Gasteiger partial charge in [0.05, 0.1) is 6.07 Å². The van der Waals surface area contributed by atoms with Gasteiger partial charge in [0.2, 0.25) is 5.91 Å². The molecule has 1 aromatic carbocycles. The molecule has 1 amide bonds. The van der Waals surface area contributed by atoms with Crippen molar-refractivity contribution in [1.29, 1.82) is 5.26 Å². The van der Waals surface area contributed by atoms with Crippen LogP contribution in [0.15, 0.2) is 24.3 Å². The molecule has 0 heterocycles. The molecular formula is C12H13ClN2O. The van der Waals surface area contributed by atoms with Crippen LogP contribution in [0.25, 0.3) is 0 Å². The highest BCUT2D eigenvalue weighted by Crippen LogP contribution is 2.14. The quantitative estimate of drug-likeness (QED) is 0.853. The Bertz CT molecular complexity index is 398. The van der Waals surface area contributed by atoms with Gasteiger partial charge >= 0.3 is 0 Å². The summed E-state index contributed by atoms with van der Waals surface area (Å²) in [6, 6.07) is 9.48. The Balaban J connectivity index is 2.29. The minimum atomic E-state index is -0.0893. The van der Waals surface area contributed by atoms with E-state index in [1.807, 2.05) is 30.3 Å². The summed E-state index contributed by atoms with van der Waals surface area (Å²) in [5.74, 6) is -0.0893. The van der Waals surface area contributed by atoms with Gasteiger partial charge in [-0.1, -0.05) is 29.8 Å². The van der Waals surface area contributed by atoms with Crippen LogP contribution in [-0.2, 0) is 11.2 Å². The lowest BCUT2D eigenvalue weighted by Gasteiger charge is -2.05. The smallest absolute Gasteiger partial charge is 0.221 e. The molecule has 0 aliphatic heterocycles. The first-order chi connectivity index (χ1) is 7.74. The fourth-order valence-electron chi connectivity index (χ4n) is 1.30. The number of benzene rings is 1. The third-order valence-electron chi connectivity index (χ3n) is 2.14. The van der Waals surface area contributed by atoms with Crippen molar-refractivity contribution in [3.05, 3.63) is 34.9 Å². The second kappa shape index (κ2) is 6.86. The fraction of sp³-hybridized carbons (Fsp3) is 0.333. The maximum atomic E-state index is 11.2. The van der Waals surface area contributed by atoms with Crippen LogP contribution in [0.2, 0.25) is 5.02 Å². The molecule has 0 unspecified atom stereocenters. The Morgan fingerprint density at radius 2 is 2.19 bits per heavy atom. The van der Waals surface area contributed by atoms with Crippen LogP contribution in [0.5, 0.6) is 0 Å². The molecule has 0 aromatic heterocycles. The third-order valence-corrected chi connectivity index (χ3v) is 2.51. The van der Waals surface area contributed by atoms with Crippen LogP contribution in [0.4, 0.5) is 0 Å². The molecule has 1 N–H and O–H groups in total. The van der Waals surface area contributed by atoms with Crippen LogP contribution in [-0.4, -0.2) is 12.5 Å². The molecule has 16 heavy (non-hydrogen) atoms. The zero-order chi connectivity index (χ0) is 11.8. The molecule has 0 aliphatic carbocycles. The Hall–Kier alpha value is -1.53. The SMILES string of the molecule is N#CCCC(=O)NCCc1ccccc1Cl. The normalized spacial score (nSPS) is 9.50. The van der Waals surface area contributed by atoms with Gasteiger partial charge in [-0.15, -0.1) is 0 Å². The van der Waals surface area contributed by atoms with Crippen LogP contribution < -0.4 is 5.32 Å². The largest absolute Gasteiger partial charge is 0.356 e. The Labute approximate surface area is 100 Å². The highest BCUT2D eigenvalue weighted by Gasteiger charge is 2.01. The number of hydrogen-bond acceptors (Lipinski definition) is 2. The van der Waals surface area contributed by atoms with E-state index in [0.29, 0.717) is 18.0 Å². The summed E-state index contributed by atoms with van der Waals surface area (Å²) < 4.78 is 0. The molecule has 0 bridgehead atoms. The van der Waals surface area contributed by atoms with E-state index in [4.69, 9.17) is 16.9 Å². The van der Waals surface area contributed by atoms with E-state index in [0.717, 1.165) is 5.56 Å². The summed E-state index contributed by atoms with van der Waals surface area (Å²) in [7, 11) is 0. The monoisotopic (exact) mass is 236 g/mol. The highest BCUT2D eigenvalue weighted by atomic mass is 35.5. The van der Waals surface area contributed by atoms with Crippen molar-refractivity contribution in [2.75, 3.05) is 6.54 Å². The molecule has 0 spiro atoms. The molecule has 0 aliphatic rings. The van der Waals surface area contributed by atoms with E-state index >= 15 is 0 Å². The second-order valence-corrected chi connectivity index (χ2v) is 3.76. The first-order valence-electron chi connectivity index (χ1n) is 5.11. The maximum Gasteiger partial charge on any atom is 0.221 e. The summed E-state index contributed by atoms with van der Waals surface area (Å²) in [5, 5.41) is 11.8. The second-order valence-electron chi connectivity index (χ2n) is 3.35. The first kappa shape index (κ1) is 12.5. The summed E-state index contributed by atoms with van der Waals surface area (Å²) in [4.78, 5) is 11.2. The third kappa shape index (κ3) is 4.33. The van der Waals surface area contributed by atoms with Gasteiger partial charge in [0.1, 0.15) is 0 Å². The Morgan fingerprint density at radius 3 is 2.88 bits per heavy atom. The standard InChI is InChI=1S/C12H13ClN2O/c13-11-5-2-1-4-10(11)7-9-15-12(16)6-3-8-14/h1-2,4-5H,3,6-7,9H2,(H,15,16). The topological polar surface area (TPSA) is 52.9 Å². The van der Waals surface area contributed by atoms with E-state index in [9.17, 15) is 4.79 Å². The minimum Gasteiger partial charge on any atom is -0.356 e. The lowest BCUT2D eigenvalue weighted by molar-refractivity contribution is -0.120. The van der Waals surface area contributed by atoms with Gasteiger partial charge in [-0.2, -0.15) is 5.26 Å². The van der Waals surface area contributed by atoms with Crippen LogP contribution in [0, 0.1) is 11.3 Å². The van der Waals surface area contributed by atoms with Crippen molar-refractivity contribution < 1.29 is 4.79 Å². The summed E-state index contributed by atoms with van der Waals surface area (Å²) in [6.45, 7) is 0.550. The number of nitrogens with one attached hydrogen (secondary N) is 1. The lowest BCUT2D eigenvalue weighted by atomic mass is 10.1. The van der Waals surface area contributed by atoms with Gasteiger partial charge in [0.25, 0.3) is 0 Å². The molecule has 1 rings (SSSR count). The number of amides is 1. The predicted molar refractivity (Wildman–Crippen MR) is 63.0 cm³/mol. The zero-order valence-electron chi connectivity index (χ0n) is 8.87. The van der Waals surface area contributed by atoms with Crippen molar-refractivity contribution in [1.82, 2.24) is 5.32 Å². The van der Waals surface area contributed by atoms with Gasteiger partial charge in [-0.25, -0.2) is 0 Å². The number of carbonyl (C=O) groups excluding carboxylic acids is 1. The van der Waals surface area contributed by atoms with E-state index < -0.39 is 0 Å². The Morgan fingerprint density at radius 1 is 1.44 bits per heavy atom. The van der Waals surface area contributed by atoms with E-state index in [-0.39, 0.29) is 18.7 Å². The number of carbonyl (C=O) groups is 1. The van der Waals surface area contributed by atoms with Crippen molar-refractivity contribution in [2.24, 2.45) is 0 Å². The molecule has 4 heteroatoms. The number of rotatable bonds is 5. The predicted octanol–water partition coefficient (Wildman–Crippen LogP) is 2.30. The van der Waals surface area contributed by atoms with Gasteiger partial charge in [-0.05, 0) is 18.1 Å². The molecule has 0 fully saturated rings. The van der Waals surface area contributed by atoms with Crippen molar-refractivity contribution >= 4 is 17.5 Å². The molecule has 0 atom stereocenters. The molecule has 0 radical (unpaired) electrons. The van der Waals surface area contributed by atoms with Crippen LogP contribution in [0.3, 0.4) is 0 Å². The van der Waals surface area contributed by atoms with Crippen molar-refractivity contribution in [3.63, 3.8) is 0 Å². The average Bonchev–Trinajstić information content (AvgIpc) is 2.29. The fourth-order valence-corrected chi connectivity index (χ4v) is 1.53. The van der Waals surface area contributed by atoms with Gasteiger partial charge < -0.3 is 5.32 Å². The zero-order valence-corrected chi connectivity index (χ0v) is 9.63. The number of hydrogen-bond donors (Lipinski definition) is 1. The first-order valence-corrected chi connectivity index (χ1v) is 5.49. The molecule has 84 valence electrons. The summed E-state index contributed by atoms with van der Waals surface area (Å²) in [6.07, 6.45) is 1.23. The van der Waals surface area contributed by atoms with Gasteiger partial charge in [0, 0.05) is 24.4 Å². The van der Waals surface area contributed by atoms with E-state index in [1.54, 1.807) is 0 Å². The number of nitrogens with zero attached hydrogens (tertiary/aromatic N) is 1. The maximum absolute atomic E-state index is 11.2. The summed E-state index contributed by atoms with van der Waals surface area (Å²) in [5.41, 5.74) is 1.02. The molecular weight excluding hydrogens is 224 g/mol. The van der Waals surface area contributed by atoms with Gasteiger partial charge in [0.15, 0.2) is 0 Å². The molecule has 1 aromatic rings. The van der Waals surface area contributed by atoms with E-state index in [2.05, 4.69) is 5.32 Å². The Kier molecular flexibility index (Phi) is 5.38. The van der Waals surface area contributed by atoms with Crippen molar-refractivity contribution in [2.45, 2.75) is 19.3 Å². The van der Waals surface area contributed by atoms with Crippen molar-refractivity contribution in [3.8, 4) is 6.07 Å². The van der Waals surface area contributed by atoms with Gasteiger partial charge in [-0.3, -0.25) is 4.79 Å². The molecule has 0 saturated carbocycles. The van der Waals surface area contributed by atoms with Crippen LogP contribution >= 0.6 is 11.6 Å². The molecule has 3 nitrogen and oxygen atoms in total. The molecule has 0 saturated heterocycles.